The van der Waals surface area contributed by atoms with Gasteiger partial charge >= 0.3 is 0 Å². The van der Waals surface area contributed by atoms with E-state index >= 15 is 0 Å². The molecule has 1 atom stereocenters. The number of hydrogen-bond donors (Lipinski definition) is 2. The van der Waals surface area contributed by atoms with E-state index in [1.165, 1.54) is 19.3 Å². The third-order valence-electron chi connectivity index (χ3n) is 4.17. The van der Waals surface area contributed by atoms with Gasteiger partial charge in [0.25, 0.3) is 5.91 Å². The summed E-state index contributed by atoms with van der Waals surface area (Å²) in [5.41, 5.74) is 1.90. The highest BCUT2D eigenvalue weighted by atomic mass is 16.1. The van der Waals surface area contributed by atoms with Crippen molar-refractivity contribution < 1.29 is 4.79 Å². The zero-order valence-corrected chi connectivity index (χ0v) is 13.5. The molecule has 1 heterocycles. The van der Waals surface area contributed by atoms with Gasteiger partial charge in [-0.1, -0.05) is 45.4 Å². The van der Waals surface area contributed by atoms with E-state index in [4.69, 9.17) is 0 Å². The maximum absolute atomic E-state index is 12.4. The lowest BCUT2D eigenvalue weighted by molar-refractivity contribution is 0.0949. The molecule has 1 aromatic carbocycles. The van der Waals surface area contributed by atoms with Crippen LogP contribution in [0.4, 0.5) is 0 Å². The van der Waals surface area contributed by atoms with Crippen molar-refractivity contribution in [2.45, 2.75) is 57.9 Å². The second-order valence-electron chi connectivity index (χ2n) is 6.99. The van der Waals surface area contributed by atoms with Crippen LogP contribution in [0.1, 0.15) is 62.4 Å². The van der Waals surface area contributed by atoms with Crippen LogP contribution >= 0.6 is 0 Å². The summed E-state index contributed by atoms with van der Waals surface area (Å²) in [4.78, 5) is 12.4. The molecule has 0 radical (unpaired) electrons. The molecule has 1 aliphatic rings. The minimum Gasteiger partial charge on any atom is -0.352 e. The van der Waals surface area contributed by atoms with E-state index in [-0.39, 0.29) is 11.3 Å². The Kier molecular flexibility index (Phi) is 5.40. The zero-order valence-electron chi connectivity index (χ0n) is 13.5. The summed E-state index contributed by atoms with van der Waals surface area (Å²) >= 11 is 0. The molecular formula is C18H28N2O. The third-order valence-corrected chi connectivity index (χ3v) is 4.17. The average Bonchev–Trinajstić information content (AvgIpc) is 2.47. The van der Waals surface area contributed by atoms with Crippen LogP contribution in [0.2, 0.25) is 0 Å². The van der Waals surface area contributed by atoms with Gasteiger partial charge in [0, 0.05) is 18.2 Å². The Hall–Kier alpha value is -1.35. The smallest absolute Gasteiger partial charge is 0.251 e. The van der Waals surface area contributed by atoms with Crippen LogP contribution in [0.3, 0.4) is 0 Å². The SMILES string of the molecule is CC(C)(C)c1ccccc1C(=O)NCCC1CCCCN1. The highest BCUT2D eigenvalue weighted by Gasteiger charge is 2.21. The number of amides is 1. The lowest BCUT2D eigenvalue weighted by atomic mass is 9.83. The topological polar surface area (TPSA) is 41.1 Å². The summed E-state index contributed by atoms with van der Waals surface area (Å²) in [5, 5.41) is 6.60. The van der Waals surface area contributed by atoms with E-state index in [0.29, 0.717) is 6.04 Å². The monoisotopic (exact) mass is 288 g/mol. The molecule has 0 aromatic heterocycles. The number of piperidine rings is 1. The molecule has 116 valence electrons. The molecule has 1 amide bonds. The summed E-state index contributed by atoms with van der Waals surface area (Å²) in [5.74, 6) is 0.0522. The van der Waals surface area contributed by atoms with E-state index in [0.717, 1.165) is 30.6 Å². The standard InChI is InChI=1S/C18H28N2O/c1-18(2,3)16-10-5-4-9-15(16)17(21)20-13-11-14-8-6-7-12-19-14/h4-5,9-10,14,19H,6-8,11-13H2,1-3H3,(H,20,21). The molecule has 1 unspecified atom stereocenters. The van der Waals surface area contributed by atoms with Gasteiger partial charge in [0.15, 0.2) is 0 Å². The van der Waals surface area contributed by atoms with Crippen molar-refractivity contribution in [2.24, 2.45) is 0 Å². The second-order valence-corrected chi connectivity index (χ2v) is 6.99. The van der Waals surface area contributed by atoms with Gasteiger partial charge in [0.2, 0.25) is 0 Å². The van der Waals surface area contributed by atoms with Gasteiger partial charge in [-0.3, -0.25) is 4.79 Å². The maximum Gasteiger partial charge on any atom is 0.251 e. The lowest BCUT2D eigenvalue weighted by Crippen LogP contribution is -2.37. The first-order valence-corrected chi connectivity index (χ1v) is 8.09. The molecule has 0 aliphatic carbocycles. The molecule has 3 heteroatoms. The van der Waals surface area contributed by atoms with Crippen molar-refractivity contribution in [1.29, 1.82) is 0 Å². The molecule has 2 rings (SSSR count). The number of benzene rings is 1. The van der Waals surface area contributed by atoms with Gasteiger partial charge in [-0.25, -0.2) is 0 Å². The van der Waals surface area contributed by atoms with Gasteiger partial charge in [0.1, 0.15) is 0 Å². The zero-order chi connectivity index (χ0) is 15.3. The summed E-state index contributed by atoms with van der Waals surface area (Å²) in [6.45, 7) is 8.29. The van der Waals surface area contributed by atoms with Crippen LogP contribution in [0.25, 0.3) is 0 Å². The molecule has 0 bridgehead atoms. The first-order valence-electron chi connectivity index (χ1n) is 8.09. The van der Waals surface area contributed by atoms with Crippen molar-refractivity contribution in [3.63, 3.8) is 0 Å². The number of hydrogen-bond acceptors (Lipinski definition) is 2. The van der Waals surface area contributed by atoms with Crippen LogP contribution in [-0.4, -0.2) is 25.0 Å². The first kappa shape index (κ1) is 16.0. The fourth-order valence-corrected chi connectivity index (χ4v) is 2.96. The minimum atomic E-state index is -0.0150. The van der Waals surface area contributed by atoms with E-state index < -0.39 is 0 Å². The number of nitrogens with one attached hydrogen (secondary N) is 2. The molecular weight excluding hydrogens is 260 g/mol. The molecule has 1 aromatic rings. The Morgan fingerprint density at radius 2 is 2.05 bits per heavy atom. The van der Waals surface area contributed by atoms with Gasteiger partial charge in [0.05, 0.1) is 0 Å². The van der Waals surface area contributed by atoms with E-state index in [2.05, 4.69) is 37.5 Å². The maximum atomic E-state index is 12.4. The van der Waals surface area contributed by atoms with Gasteiger partial charge in [-0.15, -0.1) is 0 Å². The quantitative estimate of drug-likeness (QED) is 0.893. The number of rotatable bonds is 4. The Balaban J connectivity index is 1.91. The van der Waals surface area contributed by atoms with Crippen LogP contribution < -0.4 is 10.6 Å². The Labute approximate surface area is 128 Å². The largest absolute Gasteiger partial charge is 0.352 e. The molecule has 1 fully saturated rings. The molecule has 0 saturated carbocycles. The predicted molar refractivity (Wildman–Crippen MR) is 87.7 cm³/mol. The average molecular weight is 288 g/mol. The molecule has 1 aliphatic heterocycles. The van der Waals surface area contributed by atoms with E-state index in [1.807, 2.05) is 18.2 Å². The molecule has 21 heavy (non-hydrogen) atoms. The predicted octanol–water partition coefficient (Wildman–Crippen LogP) is 3.25. The molecule has 1 saturated heterocycles. The highest BCUT2D eigenvalue weighted by Crippen LogP contribution is 2.25. The van der Waals surface area contributed by atoms with Crippen LogP contribution in [0.5, 0.6) is 0 Å². The van der Waals surface area contributed by atoms with Crippen LogP contribution in [0, 0.1) is 0 Å². The van der Waals surface area contributed by atoms with Crippen LogP contribution in [0.15, 0.2) is 24.3 Å². The third kappa shape index (κ3) is 4.57. The summed E-state index contributed by atoms with van der Waals surface area (Å²) in [6.07, 6.45) is 4.83. The molecule has 2 N–H and O–H groups in total. The van der Waals surface area contributed by atoms with Crippen molar-refractivity contribution in [3.8, 4) is 0 Å². The summed E-state index contributed by atoms with van der Waals surface area (Å²) in [7, 11) is 0. The molecule has 3 nitrogen and oxygen atoms in total. The van der Waals surface area contributed by atoms with Gasteiger partial charge < -0.3 is 10.6 Å². The highest BCUT2D eigenvalue weighted by molar-refractivity contribution is 5.96. The summed E-state index contributed by atoms with van der Waals surface area (Å²) < 4.78 is 0. The van der Waals surface area contributed by atoms with Gasteiger partial charge in [-0.2, -0.15) is 0 Å². The Bertz CT molecular complexity index is 470. The van der Waals surface area contributed by atoms with Crippen molar-refractivity contribution in [3.05, 3.63) is 35.4 Å². The number of carbonyl (C=O) groups excluding carboxylic acids is 1. The normalized spacial score (nSPS) is 19.3. The second kappa shape index (κ2) is 7.08. The number of carbonyl (C=O) groups is 1. The lowest BCUT2D eigenvalue weighted by Gasteiger charge is -2.24. The fourth-order valence-electron chi connectivity index (χ4n) is 2.96. The van der Waals surface area contributed by atoms with Crippen molar-refractivity contribution >= 4 is 5.91 Å². The van der Waals surface area contributed by atoms with Gasteiger partial charge in [-0.05, 0) is 42.9 Å². The fraction of sp³-hybridized carbons (Fsp3) is 0.611. The Morgan fingerprint density at radius 3 is 2.71 bits per heavy atom. The first-order chi connectivity index (χ1) is 9.98. The Morgan fingerprint density at radius 1 is 1.29 bits per heavy atom. The summed E-state index contributed by atoms with van der Waals surface area (Å²) in [6, 6.07) is 8.49. The van der Waals surface area contributed by atoms with E-state index in [1.54, 1.807) is 0 Å². The van der Waals surface area contributed by atoms with Crippen molar-refractivity contribution in [1.82, 2.24) is 10.6 Å². The van der Waals surface area contributed by atoms with Crippen molar-refractivity contribution in [2.75, 3.05) is 13.1 Å². The van der Waals surface area contributed by atoms with E-state index in [9.17, 15) is 4.79 Å². The molecule has 0 spiro atoms. The van der Waals surface area contributed by atoms with Crippen LogP contribution in [-0.2, 0) is 5.41 Å². The minimum absolute atomic E-state index is 0.0150.